The van der Waals surface area contributed by atoms with Gasteiger partial charge in [0.25, 0.3) is 0 Å². The lowest BCUT2D eigenvalue weighted by Gasteiger charge is -2.42. The normalized spacial score (nSPS) is 28.3. The average molecular weight is 1440 g/mol. The minimum atomic E-state index is -4.56. The summed E-state index contributed by atoms with van der Waals surface area (Å²) in [6.45, 7) is 10.5. The van der Waals surface area contributed by atoms with Crippen molar-refractivity contribution >= 4 is 88.5 Å². The number of hydrogen-bond donors (Lipinski definition) is 3. The van der Waals surface area contributed by atoms with Crippen LogP contribution in [-0.4, -0.2) is 276 Å². The molecular formula is C70H112ClF3N12O14. The zero-order valence-corrected chi connectivity index (χ0v) is 61.9. The first-order valence-electron chi connectivity index (χ1n) is 35.6. The maximum Gasteiger partial charge on any atom is 0.393 e. The molecule has 0 aromatic carbocycles. The predicted octanol–water partition coefficient (Wildman–Crippen LogP) is 4.49. The molecular weight excluding hydrogens is 1330 g/mol. The number of nitrogens with one attached hydrogen (secondary N) is 3. The second-order valence-corrected chi connectivity index (χ2v) is 29.6. The van der Waals surface area contributed by atoms with E-state index in [2.05, 4.69) is 22.5 Å². The maximum atomic E-state index is 15.5. The lowest BCUT2D eigenvalue weighted by atomic mass is 9.78. The Labute approximate surface area is 593 Å². The monoisotopic (exact) mass is 1440 g/mol. The van der Waals surface area contributed by atoms with Gasteiger partial charge in [0, 0.05) is 74.8 Å². The molecule has 1 spiro atoms. The Balaban J connectivity index is 1.63. The molecule has 5 aliphatic rings. The fourth-order valence-corrected chi connectivity index (χ4v) is 15.1. The van der Waals surface area contributed by atoms with Crippen LogP contribution in [0.2, 0.25) is 0 Å². The van der Waals surface area contributed by atoms with Gasteiger partial charge in [-0.15, -0.1) is 11.6 Å². The molecule has 0 aromatic heterocycles. The topological polar surface area (TPSA) is 296 Å². The number of carbonyl (C=O) groups is 13. The van der Waals surface area contributed by atoms with Crippen molar-refractivity contribution in [3.8, 4) is 0 Å². The Hall–Kier alpha value is -7.07. The minimum Gasteiger partial charge on any atom is -0.461 e. The molecule has 3 saturated carbocycles. The van der Waals surface area contributed by atoms with Gasteiger partial charge >= 0.3 is 12.1 Å². The van der Waals surface area contributed by atoms with E-state index in [0.29, 0.717) is 45.2 Å². The molecule has 3 aliphatic carbocycles. The lowest BCUT2D eigenvalue weighted by Crippen LogP contribution is -2.65. The van der Waals surface area contributed by atoms with Crippen molar-refractivity contribution in [1.29, 1.82) is 0 Å². The average Bonchev–Trinajstić information content (AvgIpc) is 0.993. The van der Waals surface area contributed by atoms with Crippen LogP contribution in [0.5, 0.6) is 0 Å². The Morgan fingerprint density at radius 1 is 0.650 bits per heavy atom. The van der Waals surface area contributed by atoms with Crippen molar-refractivity contribution in [2.75, 3.05) is 95.7 Å². The molecule has 30 heteroatoms. The number of amides is 12. The van der Waals surface area contributed by atoms with Crippen LogP contribution in [0.25, 0.3) is 0 Å². The second-order valence-electron chi connectivity index (χ2n) is 29.1. The molecule has 11 atom stereocenters. The number of rotatable bonds is 13. The summed E-state index contributed by atoms with van der Waals surface area (Å²) < 4.78 is 47.4. The van der Waals surface area contributed by atoms with Crippen LogP contribution in [0.1, 0.15) is 169 Å². The van der Waals surface area contributed by atoms with Crippen molar-refractivity contribution in [3.63, 3.8) is 0 Å². The number of alkyl halides is 4. The number of esters is 1. The molecule has 0 aromatic rings. The van der Waals surface area contributed by atoms with E-state index < -0.39 is 192 Å². The summed E-state index contributed by atoms with van der Waals surface area (Å²) in [7, 11) is 10.7. The SMILES string of the molecule is C=CCOC(=O)C[C@H]1C(=O)NC2(CCCC2)C(=O)N(C)[C@@H](C(C)C)C(=O)N(C)[C@H](C(=O)N2CCCCC2)CC(=O)N(C)[C@@H](C)C(=O)N[C@@H]([C@@H](C)CC)C(=O)N(C)CC(=O)N(C)CC(=O)N(C)[C@@H](CC2CCCCC2)C(=O)N(C)CC(=O)N[C@@H](CCC2CCC(C(F)(F)F)C(Cl)C2)C(=O)N1C. The van der Waals surface area contributed by atoms with Crippen LogP contribution in [-0.2, 0) is 67.1 Å². The van der Waals surface area contributed by atoms with Crippen molar-refractivity contribution in [1.82, 2.24) is 60.0 Å². The summed E-state index contributed by atoms with van der Waals surface area (Å²) >= 11 is 6.38. The molecule has 5 fully saturated rings. The Morgan fingerprint density at radius 3 is 1.83 bits per heavy atom. The van der Waals surface area contributed by atoms with Crippen LogP contribution in [0.3, 0.4) is 0 Å². The Kier molecular flexibility index (Phi) is 31.5. The first kappa shape index (κ1) is 83.6. The molecule has 0 bridgehead atoms. The van der Waals surface area contributed by atoms with E-state index >= 15 is 19.2 Å². The summed E-state index contributed by atoms with van der Waals surface area (Å²) in [5.74, 6) is -13.4. The zero-order chi connectivity index (χ0) is 74.8. The predicted molar refractivity (Wildman–Crippen MR) is 367 cm³/mol. The van der Waals surface area contributed by atoms with E-state index in [9.17, 15) is 56.3 Å². The molecule has 2 heterocycles. The number of hydrogen-bond acceptors (Lipinski definition) is 14. The third kappa shape index (κ3) is 22.0. The van der Waals surface area contributed by atoms with E-state index in [-0.39, 0.29) is 63.9 Å². The van der Waals surface area contributed by atoms with Gasteiger partial charge in [-0.25, -0.2) is 0 Å². The maximum absolute atomic E-state index is 15.5. The highest BCUT2D eigenvalue weighted by atomic mass is 35.5. The summed E-state index contributed by atoms with van der Waals surface area (Å²) in [5.41, 5.74) is -1.77. The molecule has 26 nitrogen and oxygen atoms in total. The van der Waals surface area contributed by atoms with Crippen molar-refractivity contribution in [2.45, 2.75) is 229 Å². The summed E-state index contributed by atoms with van der Waals surface area (Å²) in [4.78, 5) is 201. The smallest absolute Gasteiger partial charge is 0.393 e. The highest BCUT2D eigenvalue weighted by Crippen LogP contribution is 2.44. The second kappa shape index (κ2) is 37.7. The van der Waals surface area contributed by atoms with Crippen molar-refractivity contribution in [2.24, 2.45) is 29.6 Å². The van der Waals surface area contributed by atoms with Gasteiger partial charge in [0.15, 0.2) is 0 Å². The molecule has 12 amide bonds. The summed E-state index contributed by atoms with van der Waals surface area (Å²) in [6, 6.07) is -9.78. The largest absolute Gasteiger partial charge is 0.461 e. The highest BCUT2D eigenvalue weighted by Gasteiger charge is 2.51. The first-order valence-corrected chi connectivity index (χ1v) is 36.1. The van der Waals surface area contributed by atoms with E-state index in [0.717, 1.165) is 67.9 Å². The van der Waals surface area contributed by atoms with Gasteiger partial charge in [-0.3, -0.25) is 62.3 Å². The van der Waals surface area contributed by atoms with Gasteiger partial charge in [-0.2, -0.15) is 13.2 Å². The minimum absolute atomic E-state index is 0.0125. The number of ether oxygens (including phenoxy) is 1. The number of piperidine rings is 1. The third-order valence-corrected chi connectivity index (χ3v) is 22.0. The standard InChI is InChI=1S/C70H112ClF3N12O14/c1-15-35-100-58(91)39-51-62(93)77-69(31-21-22-32-69)68(99)85(14)60(43(3)4)67(98)84(13)53(65(96)86-33-23-18-24-34-86)38-55(88)81(10)45(6)61(92)76-59(44(5)16-2)66(97)80(9)41-56(89)78(7)42-57(90)82(11)52(37-46-25-19-17-20-26-46)64(95)79(8)40-54(87)75-50(63(94)83(51)12)30-28-47-27-29-48(49(71)36-47)70(72,73)74/h15,43-53,59-60H,1,16-42H2,2-14H3,(H,75,87)(H,76,92)(H,77,93)/t44-,45-,47?,48?,49?,50-,51-,52-,53-,59-,60-/m0/s1. The fraction of sp³-hybridized carbons (Fsp3) is 0.786. The van der Waals surface area contributed by atoms with E-state index in [4.69, 9.17) is 16.3 Å². The highest BCUT2D eigenvalue weighted by molar-refractivity contribution is 6.21. The van der Waals surface area contributed by atoms with Gasteiger partial charge in [0.1, 0.15) is 54.4 Å². The van der Waals surface area contributed by atoms with Gasteiger partial charge in [0.2, 0.25) is 70.9 Å². The molecule has 5 rings (SSSR count). The van der Waals surface area contributed by atoms with E-state index in [1.807, 2.05) is 0 Å². The van der Waals surface area contributed by atoms with Crippen LogP contribution in [0, 0.1) is 29.6 Å². The molecule has 564 valence electrons. The number of nitrogens with zero attached hydrogens (tertiary/aromatic N) is 9. The molecule has 3 unspecified atom stereocenters. The third-order valence-electron chi connectivity index (χ3n) is 21.5. The lowest BCUT2D eigenvalue weighted by molar-refractivity contribution is -0.182. The summed E-state index contributed by atoms with van der Waals surface area (Å²) in [6.07, 6.45) is 2.61. The number of likely N-dealkylation sites (N-methyl/N-ethyl adjacent to an activating group) is 8. The van der Waals surface area contributed by atoms with Crippen molar-refractivity contribution < 1.29 is 80.2 Å². The van der Waals surface area contributed by atoms with Crippen LogP contribution >= 0.6 is 11.6 Å². The Bertz CT molecular complexity index is 2930. The molecule has 2 aliphatic heterocycles. The van der Waals surface area contributed by atoms with Crippen LogP contribution in [0.15, 0.2) is 12.7 Å². The number of carbonyl (C=O) groups excluding carboxylic acids is 13. The zero-order valence-electron chi connectivity index (χ0n) is 61.1. The number of halogens is 4. The van der Waals surface area contributed by atoms with Crippen LogP contribution < -0.4 is 16.0 Å². The van der Waals surface area contributed by atoms with Gasteiger partial charge in [-0.1, -0.05) is 91.7 Å². The Morgan fingerprint density at radius 2 is 1.25 bits per heavy atom. The fourth-order valence-electron chi connectivity index (χ4n) is 14.6. The first-order chi connectivity index (χ1) is 46.9. The number of likely N-dealkylation sites (tertiary alicyclic amines) is 1. The van der Waals surface area contributed by atoms with Gasteiger partial charge in [-0.05, 0) is 101 Å². The molecule has 0 radical (unpaired) electrons. The molecule has 2 saturated heterocycles. The molecule has 3 N–H and O–H groups in total. The van der Waals surface area contributed by atoms with E-state index in [1.165, 1.54) is 79.2 Å². The summed E-state index contributed by atoms with van der Waals surface area (Å²) in [5, 5.41) is 7.07. The van der Waals surface area contributed by atoms with Crippen LogP contribution in [0.4, 0.5) is 13.2 Å². The van der Waals surface area contributed by atoms with Gasteiger partial charge < -0.3 is 64.8 Å². The van der Waals surface area contributed by atoms with Crippen molar-refractivity contribution in [3.05, 3.63) is 12.7 Å². The van der Waals surface area contributed by atoms with Gasteiger partial charge in [0.05, 0.1) is 38.4 Å². The van der Waals surface area contributed by atoms with E-state index in [1.54, 1.807) is 32.6 Å². The molecule has 100 heavy (non-hydrogen) atoms. The quantitative estimate of drug-likeness (QED) is 0.130.